The molecule has 160 valence electrons. The summed E-state index contributed by atoms with van der Waals surface area (Å²) in [5.41, 5.74) is 0.726. The van der Waals surface area contributed by atoms with Crippen LogP contribution in [0, 0.1) is 11.8 Å². The summed E-state index contributed by atoms with van der Waals surface area (Å²) in [6.07, 6.45) is 4.59. The van der Waals surface area contributed by atoms with Crippen molar-refractivity contribution < 1.29 is 14.6 Å². The molecule has 8 nitrogen and oxygen atoms in total. The Labute approximate surface area is 187 Å². The Balaban J connectivity index is 1.36. The molecule has 2 fully saturated rings. The van der Waals surface area contributed by atoms with Crippen LogP contribution < -0.4 is 10.1 Å². The number of aromatic nitrogens is 4. The first kappa shape index (κ1) is 20.1. The number of halogens is 2. The smallest absolute Gasteiger partial charge is 0.255 e. The van der Waals surface area contributed by atoms with Gasteiger partial charge in [0.1, 0.15) is 11.5 Å². The molecule has 0 saturated heterocycles. The van der Waals surface area contributed by atoms with E-state index in [0.29, 0.717) is 29.0 Å². The second kappa shape index (κ2) is 8.01. The molecular formula is C21H19Cl2N5O3. The van der Waals surface area contributed by atoms with E-state index in [1.807, 2.05) is 0 Å². The molecule has 3 N–H and O–H groups in total. The van der Waals surface area contributed by atoms with Crippen LogP contribution in [0.4, 0.5) is 0 Å². The summed E-state index contributed by atoms with van der Waals surface area (Å²) in [7, 11) is 0. The number of phenols is 1. The van der Waals surface area contributed by atoms with Crippen LogP contribution in [0.3, 0.4) is 0 Å². The van der Waals surface area contributed by atoms with E-state index in [0.717, 1.165) is 12.8 Å². The van der Waals surface area contributed by atoms with Crippen LogP contribution in [-0.2, 0) is 0 Å². The molecule has 0 aliphatic heterocycles. The minimum Gasteiger partial charge on any atom is -0.507 e. The normalized spacial score (nSPS) is 21.9. The molecule has 2 bridgehead atoms. The van der Waals surface area contributed by atoms with Crippen molar-refractivity contribution in [2.45, 2.75) is 31.7 Å². The quantitative estimate of drug-likeness (QED) is 0.514. The molecule has 31 heavy (non-hydrogen) atoms. The van der Waals surface area contributed by atoms with Gasteiger partial charge >= 0.3 is 0 Å². The Morgan fingerprint density at radius 2 is 1.97 bits per heavy atom. The molecular weight excluding hydrogens is 441 g/mol. The number of amides is 1. The van der Waals surface area contributed by atoms with Gasteiger partial charge in [0.2, 0.25) is 5.82 Å². The topological polar surface area (TPSA) is 113 Å². The number of tetrazole rings is 1. The van der Waals surface area contributed by atoms with Crippen LogP contribution in [0.2, 0.25) is 10.0 Å². The number of ether oxygens (including phenoxy) is 1. The molecule has 2 saturated carbocycles. The van der Waals surface area contributed by atoms with Crippen molar-refractivity contribution >= 4 is 29.1 Å². The SMILES string of the molecule is O=C(NC1CC2CCC1C2)c1cc(Oc2c(Cl)cc(-c3nn[nH]n3)cc2Cl)ccc1O. The van der Waals surface area contributed by atoms with Crippen LogP contribution in [-0.4, -0.2) is 37.7 Å². The molecule has 3 unspecified atom stereocenters. The Bertz CT molecular complexity index is 1120. The van der Waals surface area contributed by atoms with Gasteiger partial charge in [-0.25, -0.2) is 0 Å². The maximum absolute atomic E-state index is 12.8. The van der Waals surface area contributed by atoms with Gasteiger partial charge in [-0.2, -0.15) is 5.21 Å². The molecule has 3 aromatic rings. The van der Waals surface area contributed by atoms with Crippen LogP contribution in [0.25, 0.3) is 11.4 Å². The first-order valence-corrected chi connectivity index (χ1v) is 10.8. The van der Waals surface area contributed by atoms with Gasteiger partial charge in [0, 0.05) is 11.6 Å². The number of aromatic amines is 1. The lowest BCUT2D eigenvalue weighted by molar-refractivity contribution is 0.0920. The number of benzene rings is 2. The molecule has 10 heteroatoms. The average molecular weight is 460 g/mol. The summed E-state index contributed by atoms with van der Waals surface area (Å²) < 4.78 is 5.86. The van der Waals surface area contributed by atoms with Crippen molar-refractivity contribution in [3.63, 3.8) is 0 Å². The monoisotopic (exact) mass is 459 g/mol. The van der Waals surface area contributed by atoms with Crippen molar-refractivity contribution in [1.29, 1.82) is 0 Å². The Hall–Kier alpha value is -2.84. The second-order valence-electron chi connectivity index (χ2n) is 8.04. The van der Waals surface area contributed by atoms with Gasteiger partial charge in [-0.1, -0.05) is 29.6 Å². The van der Waals surface area contributed by atoms with E-state index in [-0.39, 0.29) is 39.1 Å². The zero-order valence-electron chi connectivity index (χ0n) is 16.3. The highest BCUT2D eigenvalue weighted by Crippen LogP contribution is 2.45. The van der Waals surface area contributed by atoms with E-state index >= 15 is 0 Å². The highest BCUT2D eigenvalue weighted by Gasteiger charge is 2.40. The fourth-order valence-corrected chi connectivity index (χ4v) is 5.18. The number of hydrogen-bond acceptors (Lipinski definition) is 6. The molecule has 5 rings (SSSR count). The fourth-order valence-electron chi connectivity index (χ4n) is 4.62. The molecule has 2 aromatic carbocycles. The van der Waals surface area contributed by atoms with Gasteiger partial charge in [-0.15, -0.1) is 10.2 Å². The van der Waals surface area contributed by atoms with Gasteiger partial charge in [0.05, 0.1) is 15.6 Å². The number of nitrogens with zero attached hydrogens (tertiary/aromatic N) is 3. The summed E-state index contributed by atoms with van der Waals surface area (Å²) in [5.74, 6) is 1.71. The number of rotatable bonds is 5. The highest BCUT2D eigenvalue weighted by atomic mass is 35.5. The van der Waals surface area contributed by atoms with E-state index in [2.05, 4.69) is 25.9 Å². The number of H-pyrrole nitrogens is 1. The third kappa shape index (κ3) is 3.93. The second-order valence-corrected chi connectivity index (χ2v) is 8.85. The van der Waals surface area contributed by atoms with Gasteiger partial charge in [0.15, 0.2) is 5.75 Å². The van der Waals surface area contributed by atoms with Gasteiger partial charge < -0.3 is 15.2 Å². The summed E-state index contributed by atoms with van der Waals surface area (Å²) >= 11 is 12.7. The lowest BCUT2D eigenvalue weighted by Crippen LogP contribution is -2.38. The van der Waals surface area contributed by atoms with Crippen LogP contribution in [0.15, 0.2) is 30.3 Å². The highest BCUT2D eigenvalue weighted by molar-refractivity contribution is 6.37. The van der Waals surface area contributed by atoms with Gasteiger partial charge in [-0.3, -0.25) is 4.79 Å². The first-order valence-electron chi connectivity index (χ1n) is 10.0. The number of carbonyl (C=O) groups is 1. The molecule has 0 radical (unpaired) electrons. The third-order valence-electron chi connectivity index (χ3n) is 6.09. The zero-order chi connectivity index (χ0) is 21.5. The van der Waals surface area contributed by atoms with Crippen molar-refractivity contribution in [3.8, 4) is 28.6 Å². The average Bonchev–Trinajstić information content (AvgIpc) is 3.50. The van der Waals surface area contributed by atoms with E-state index < -0.39 is 0 Å². The number of carbonyl (C=O) groups excluding carboxylic acids is 1. The third-order valence-corrected chi connectivity index (χ3v) is 6.65. The molecule has 1 heterocycles. The van der Waals surface area contributed by atoms with Crippen LogP contribution in [0.5, 0.6) is 17.2 Å². The fraction of sp³-hybridized carbons (Fsp3) is 0.333. The van der Waals surface area contributed by atoms with Gasteiger partial charge in [-0.05, 0) is 66.6 Å². The van der Waals surface area contributed by atoms with Crippen molar-refractivity contribution in [2.75, 3.05) is 0 Å². The Kier molecular flexibility index (Phi) is 5.19. The molecule has 0 spiro atoms. The summed E-state index contributed by atoms with van der Waals surface area (Å²) in [4.78, 5) is 12.8. The van der Waals surface area contributed by atoms with E-state index in [9.17, 15) is 9.90 Å². The number of hydrogen-bond donors (Lipinski definition) is 3. The lowest BCUT2D eigenvalue weighted by atomic mass is 9.95. The number of phenolic OH excluding ortho intramolecular Hbond substituents is 1. The number of nitrogens with one attached hydrogen (secondary N) is 2. The van der Waals surface area contributed by atoms with E-state index in [1.54, 1.807) is 18.2 Å². The van der Waals surface area contributed by atoms with E-state index in [4.69, 9.17) is 27.9 Å². The van der Waals surface area contributed by atoms with Crippen molar-refractivity contribution in [1.82, 2.24) is 25.9 Å². The predicted molar refractivity (Wildman–Crippen MR) is 115 cm³/mol. The van der Waals surface area contributed by atoms with Crippen LogP contribution >= 0.6 is 23.2 Å². The molecule has 1 aromatic heterocycles. The standard InChI is InChI=1S/C21H19Cl2N5O3/c22-15-7-12(20-25-27-28-26-20)8-16(23)19(15)31-13-3-4-18(29)14(9-13)21(30)24-17-6-10-1-2-11(17)5-10/h3-4,7-11,17,29H,1-2,5-6H2,(H,24,30)(H,25,26,27,28). The van der Waals surface area contributed by atoms with Gasteiger partial charge in [0.25, 0.3) is 5.91 Å². The van der Waals surface area contributed by atoms with E-state index in [1.165, 1.54) is 25.0 Å². The minimum absolute atomic E-state index is 0.113. The molecule has 2 aliphatic rings. The van der Waals surface area contributed by atoms with Crippen LogP contribution in [0.1, 0.15) is 36.0 Å². The summed E-state index contributed by atoms with van der Waals surface area (Å²) in [6.45, 7) is 0. The first-order chi connectivity index (χ1) is 15.0. The zero-order valence-corrected chi connectivity index (χ0v) is 17.8. The maximum Gasteiger partial charge on any atom is 0.255 e. The maximum atomic E-state index is 12.8. The molecule has 2 aliphatic carbocycles. The largest absolute Gasteiger partial charge is 0.507 e. The minimum atomic E-state index is -0.315. The number of fused-ring (bicyclic) bond motifs is 2. The Morgan fingerprint density at radius 1 is 1.16 bits per heavy atom. The van der Waals surface area contributed by atoms with Crippen molar-refractivity contribution in [3.05, 3.63) is 45.9 Å². The van der Waals surface area contributed by atoms with Crippen molar-refractivity contribution in [2.24, 2.45) is 11.8 Å². The molecule has 1 amide bonds. The predicted octanol–water partition coefficient (Wildman–Crippen LogP) is 4.59. The summed E-state index contributed by atoms with van der Waals surface area (Å²) in [5, 5.41) is 27.5. The summed E-state index contributed by atoms with van der Waals surface area (Å²) in [6, 6.07) is 7.83. The molecule has 3 atom stereocenters. The lowest BCUT2D eigenvalue weighted by Gasteiger charge is -2.23. The number of aromatic hydroxyl groups is 1. The Morgan fingerprint density at radius 3 is 2.61 bits per heavy atom.